The van der Waals surface area contributed by atoms with Gasteiger partial charge < -0.3 is 0 Å². The predicted octanol–water partition coefficient (Wildman–Crippen LogP) is 3.76. The molecule has 0 unspecified atom stereocenters. The molecule has 0 amide bonds. The van der Waals surface area contributed by atoms with Crippen LogP contribution in [0.5, 0.6) is 0 Å². The van der Waals surface area contributed by atoms with Crippen LogP contribution in [0.2, 0.25) is 0 Å². The van der Waals surface area contributed by atoms with Crippen molar-refractivity contribution in [3.05, 3.63) is 54.1 Å². The van der Waals surface area contributed by atoms with Crippen LogP contribution in [0.4, 0.5) is 18.9 Å². The van der Waals surface area contributed by atoms with Gasteiger partial charge in [-0.25, -0.2) is 0 Å². The maximum atomic E-state index is 13.0. The minimum absolute atomic E-state index is 0.0556. The van der Waals surface area contributed by atoms with Crippen LogP contribution in [-0.4, -0.2) is 8.42 Å². The van der Waals surface area contributed by atoms with Gasteiger partial charge in [0.1, 0.15) is 0 Å². The molecule has 4 nitrogen and oxygen atoms in total. The fraction of sp³-hybridized carbons (Fsp3) is 0.0769. The van der Waals surface area contributed by atoms with E-state index in [0.29, 0.717) is 0 Å². The molecule has 0 aliphatic rings. The molecule has 0 bridgehead atoms. The number of alkyl halides is 3. The molecule has 1 N–H and O–H groups in total. The zero-order valence-electron chi connectivity index (χ0n) is 10.4. The maximum Gasteiger partial charge on any atom is 0.417 e. The van der Waals surface area contributed by atoms with Crippen molar-refractivity contribution in [1.82, 2.24) is 0 Å². The summed E-state index contributed by atoms with van der Waals surface area (Å²) in [5.74, 6) is 0. The highest BCUT2D eigenvalue weighted by atomic mass is 32.2. The average molecular weight is 314 g/mol. The molecule has 0 saturated carbocycles. The number of hydrogen-bond donors (Lipinski definition) is 1. The SMILES string of the molecule is O=S(=O)=NNc1ccccc1-c1ccccc1C(F)(F)F. The van der Waals surface area contributed by atoms with Gasteiger partial charge in [-0.1, -0.05) is 40.9 Å². The van der Waals surface area contributed by atoms with E-state index in [1.54, 1.807) is 12.1 Å². The molecular weight excluding hydrogens is 305 g/mol. The zero-order chi connectivity index (χ0) is 15.5. The third kappa shape index (κ3) is 3.60. The Bertz CT molecular complexity index is 778. The summed E-state index contributed by atoms with van der Waals surface area (Å²) >= 11 is 0. The molecule has 2 rings (SSSR count). The average Bonchev–Trinajstić information content (AvgIpc) is 2.44. The van der Waals surface area contributed by atoms with E-state index in [2.05, 4.69) is 9.90 Å². The first-order valence-electron chi connectivity index (χ1n) is 5.71. The highest BCUT2D eigenvalue weighted by molar-refractivity contribution is 7.61. The maximum absolute atomic E-state index is 13.0. The van der Waals surface area contributed by atoms with Crippen molar-refractivity contribution in [2.24, 2.45) is 4.47 Å². The number of para-hydroxylation sites is 1. The van der Waals surface area contributed by atoms with Crippen molar-refractivity contribution in [2.75, 3.05) is 5.43 Å². The summed E-state index contributed by atoms with van der Waals surface area (Å²) in [5.41, 5.74) is 1.75. The van der Waals surface area contributed by atoms with E-state index in [1.165, 1.54) is 30.3 Å². The summed E-state index contributed by atoms with van der Waals surface area (Å²) in [4.78, 5) is 0. The first kappa shape index (κ1) is 15.0. The zero-order valence-corrected chi connectivity index (χ0v) is 11.2. The Balaban J connectivity index is 2.61. The van der Waals surface area contributed by atoms with E-state index in [0.717, 1.165) is 6.07 Å². The number of nitrogens with one attached hydrogen (secondary N) is 1. The van der Waals surface area contributed by atoms with E-state index in [-0.39, 0.29) is 16.8 Å². The van der Waals surface area contributed by atoms with Crippen molar-refractivity contribution in [3.8, 4) is 11.1 Å². The molecule has 0 saturated heterocycles. The number of nitrogens with zero attached hydrogens (tertiary/aromatic N) is 1. The highest BCUT2D eigenvalue weighted by Gasteiger charge is 2.33. The van der Waals surface area contributed by atoms with E-state index in [1.807, 2.05) is 0 Å². The fourth-order valence-corrected chi connectivity index (χ4v) is 2.04. The van der Waals surface area contributed by atoms with E-state index in [4.69, 9.17) is 0 Å². The van der Waals surface area contributed by atoms with Gasteiger partial charge in [-0.05, 0) is 17.7 Å². The number of hydrogen-bond acceptors (Lipinski definition) is 3. The molecule has 0 spiro atoms. The molecule has 0 aliphatic heterocycles. The van der Waals surface area contributed by atoms with Crippen LogP contribution >= 0.6 is 0 Å². The molecule has 0 aromatic heterocycles. The smallest absolute Gasteiger partial charge is 0.263 e. The number of anilines is 1. The Morgan fingerprint density at radius 3 is 2.10 bits per heavy atom. The topological polar surface area (TPSA) is 58.5 Å². The second kappa shape index (κ2) is 5.96. The van der Waals surface area contributed by atoms with Gasteiger partial charge in [0.15, 0.2) is 0 Å². The Labute approximate surface area is 119 Å². The summed E-state index contributed by atoms with van der Waals surface area (Å²) in [6.45, 7) is 0. The van der Waals surface area contributed by atoms with E-state index >= 15 is 0 Å². The van der Waals surface area contributed by atoms with Crippen molar-refractivity contribution >= 4 is 16.2 Å². The Kier molecular flexibility index (Phi) is 4.27. The summed E-state index contributed by atoms with van der Waals surface area (Å²) in [6.07, 6.45) is -4.51. The van der Waals surface area contributed by atoms with Gasteiger partial charge in [0.2, 0.25) is 0 Å². The van der Waals surface area contributed by atoms with Crippen molar-refractivity contribution in [3.63, 3.8) is 0 Å². The molecular formula is C13H9F3N2O2S. The molecule has 2 aromatic rings. The van der Waals surface area contributed by atoms with Gasteiger partial charge in [0, 0.05) is 5.56 Å². The molecule has 0 aliphatic carbocycles. The van der Waals surface area contributed by atoms with Gasteiger partial charge in [-0.3, -0.25) is 5.43 Å². The minimum Gasteiger partial charge on any atom is -0.263 e. The summed E-state index contributed by atoms with van der Waals surface area (Å²) in [7, 11) is -2.71. The largest absolute Gasteiger partial charge is 0.417 e. The molecule has 0 radical (unpaired) electrons. The lowest BCUT2D eigenvalue weighted by Gasteiger charge is -2.14. The second-order valence-electron chi connectivity index (χ2n) is 4.01. The third-order valence-corrected chi connectivity index (χ3v) is 2.93. The van der Waals surface area contributed by atoms with Gasteiger partial charge in [-0.2, -0.15) is 21.6 Å². The standard InChI is InChI=1S/C13H9F3N2O2S/c14-13(15,16)11-7-3-1-5-9(11)10-6-2-4-8-12(10)17-18-21(19)20/h1-8,17H. The summed E-state index contributed by atoms with van der Waals surface area (Å²) < 4.78 is 63.0. The van der Waals surface area contributed by atoms with Crippen molar-refractivity contribution in [2.45, 2.75) is 6.18 Å². The lowest BCUT2D eigenvalue weighted by molar-refractivity contribution is -0.137. The number of benzene rings is 2. The van der Waals surface area contributed by atoms with E-state index < -0.39 is 22.2 Å². The number of rotatable bonds is 3. The monoisotopic (exact) mass is 314 g/mol. The molecule has 0 heterocycles. The molecule has 21 heavy (non-hydrogen) atoms. The predicted molar refractivity (Wildman–Crippen MR) is 71.9 cm³/mol. The Hall–Kier alpha value is -2.35. The summed E-state index contributed by atoms with van der Waals surface area (Å²) in [6, 6.07) is 11.1. The molecule has 8 heteroatoms. The third-order valence-electron chi connectivity index (χ3n) is 2.69. The van der Waals surface area contributed by atoms with Gasteiger partial charge in [-0.15, -0.1) is 0 Å². The fourth-order valence-electron chi connectivity index (χ4n) is 1.87. The first-order valence-corrected chi connectivity index (χ1v) is 6.74. The van der Waals surface area contributed by atoms with Crippen LogP contribution in [0.25, 0.3) is 11.1 Å². The van der Waals surface area contributed by atoms with Crippen LogP contribution in [0.3, 0.4) is 0 Å². The van der Waals surface area contributed by atoms with E-state index in [9.17, 15) is 21.6 Å². The van der Waals surface area contributed by atoms with Gasteiger partial charge in [0.25, 0.3) is 0 Å². The van der Waals surface area contributed by atoms with Crippen molar-refractivity contribution in [1.29, 1.82) is 0 Å². The van der Waals surface area contributed by atoms with Crippen LogP contribution in [0, 0.1) is 0 Å². The van der Waals surface area contributed by atoms with Gasteiger partial charge >= 0.3 is 16.7 Å². The van der Waals surface area contributed by atoms with Gasteiger partial charge in [0.05, 0.1) is 11.3 Å². The molecule has 110 valence electrons. The first-order chi connectivity index (χ1) is 9.89. The van der Waals surface area contributed by atoms with Crippen molar-refractivity contribution < 1.29 is 21.6 Å². The molecule has 0 atom stereocenters. The minimum atomic E-state index is -4.51. The van der Waals surface area contributed by atoms with Crippen LogP contribution < -0.4 is 5.43 Å². The molecule has 2 aromatic carbocycles. The Morgan fingerprint density at radius 2 is 1.48 bits per heavy atom. The van der Waals surface area contributed by atoms with Crippen LogP contribution in [0.15, 0.2) is 53.0 Å². The quantitative estimate of drug-likeness (QED) is 0.878. The lowest BCUT2D eigenvalue weighted by atomic mass is 9.98. The molecule has 0 fully saturated rings. The highest BCUT2D eigenvalue weighted by Crippen LogP contribution is 2.39. The second-order valence-corrected chi connectivity index (χ2v) is 4.63. The number of halogens is 3. The summed E-state index contributed by atoms with van der Waals surface area (Å²) in [5, 5.41) is 0. The lowest BCUT2D eigenvalue weighted by Crippen LogP contribution is -2.07. The van der Waals surface area contributed by atoms with Crippen LogP contribution in [-0.2, 0) is 16.7 Å². The van der Waals surface area contributed by atoms with Crippen LogP contribution in [0.1, 0.15) is 5.56 Å². The Morgan fingerprint density at radius 1 is 0.905 bits per heavy atom. The normalized spacial score (nSPS) is 11.0.